The van der Waals surface area contributed by atoms with Crippen molar-refractivity contribution < 1.29 is 15.3 Å². The summed E-state index contributed by atoms with van der Waals surface area (Å²) in [5.74, 6) is 0.256. The highest BCUT2D eigenvalue weighted by molar-refractivity contribution is 4.98. The van der Waals surface area contributed by atoms with Crippen LogP contribution in [-0.4, -0.2) is 46.2 Å². The Labute approximate surface area is 72.2 Å². The van der Waals surface area contributed by atoms with Gasteiger partial charge in [0.15, 0.2) is 0 Å². The third-order valence-electron chi connectivity index (χ3n) is 2.45. The van der Waals surface area contributed by atoms with Gasteiger partial charge in [0.25, 0.3) is 0 Å². The molecule has 4 atom stereocenters. The lowest BCUT2D eigenvalue weighted by Crippen LogP contribution is -2.38. The van der Waals surface area contributed by atoms with E-state index in [4.69, 9.17) is 5.11 Å². The monoisotopic (exact) mass is 175 g/mol. The minimum absolute atomic E-state index is 0.114. The van der Waals surface area contributed by atoms with Gasteiger partial charge >= 0.3 is 0 Å². The van der Waals surface area contributed by atoms with E-state index in [2.05, 4.69) is 5.32 Å². The van der Waals surface area contributed by atoms with Crippen molar-refractivity contribution in [3.05, 3.63) is 0 Å². The molecule has 0 radical (unpaired) electrons. The van der Waals surface area contributed by atoms with Crippen LogP contribution in [0.15, 0.2) is 0 Å². The van der Waals surface area contributed by atoms with Gasteiger partial charge in [-0.05, 0) is 5.92 Å². The molecule has 12 heavy (non-hydrogen) atoms. The second-order valence-corrected chi connectivity index (χ2v) is 3.71. The molecule has 4 N–H and O–H groups in total. The Balaban J connectivity index is 2.60. The lowest BCUT2D eigenvalue weighted by atomic mass is 9.99. The van der Waals surface area contributed by atoms with Crippen LogP contribution >= 0.6 is 0 Å². The zero-order valence-corrected chi connectivity index (χ0v) is 7.44. The van der Waals surface area contributed by atoms with Crippen molar-refractivity contribution in [3.63, 3.8) is 0 Å². The minimum Gasteiger partial charge on any atom is -0.395 e. The van der Waals surface area contributed by atoms with E-state index in [-0.39, 0.29) is 24.6 Å². The third kappa shape index (κ3) is 1.61. The summed E-state index contributed by atoms with van der Waals surface area (Å²) in [6.07, 6.45) is -1.61. The van der Waals surface area contributed by atoms with Gasteiger partial charge in [0, 0.05) is 6.04 Å². The predicted molar refractivity (Wildman–Crippen MR) is 44.6 cm³/mol. The summed E-state index contributed by atoms with van der Waals surface area (Å²) >= 11 is 0. The lowest BCUT2D eigenvalue weighted by Gasteiger charge is -2.19. The van der Waals surface area contributed by atoms with Gasteiger partial charge in [0.1, 0.15) is 0 Å². The van der Waals surface area contributed by atoms with E-state index in [1.165, 1.54) is 0 Å². The van der Waals surface area contributed by atoms with Crippen molar-refractivity contribution in [2.75, 3.05) is 6.61 Å². The molecule has 0 aromatic carbocycles. The van der Waals surface area contributed by atoms with E-state index < -0.39 is 12.2 Å². The maximum Gasteiger partial charge on any atom is 0.0989 e. The van der Waals surface area contributed by atoms with Crippen LogP contribution in [-0.2, 0) is 0 Å². The first-order valence-corrected chi connectivity index (χ1v) is 4.31. The Hall–Kier alpha value is -0.160. The van der Waals surface area contributed by atoms with Crippen LogP contribution in [0.2, 0.25) is 0 Å². The Morgan fingerprint density at radius 1 is 1.25 bits per heavy atom. The average Bonchev–Trinajstić information content (AvgIpc) is 2.30. The number of aliphatic hydroxyl groups excluding tert-OH is 3. The van der Waals surface area contributed by atoms with E-state index >= 15 is 0 Å². The highest BCUT2D eigenvalue weighted by atomic mass is 16.3. The number of nitrogens with one attached hydrogen (secondary N) is 1. The molecule has 0 aliphatic carbocycles. The molecule has 1 aliphatic rings. The molecule has 0 bridgehead atoms. The highest BCUT2D eigenvalue weighted by Gasteiger charge is 2.41. The van der Waals surface area contributed by atoms with E-state index in [1.54, 1.807) is 0 Å². The first kappa shape index (κ1) is 9.92. The summed E-state index contributed by atoms with van der Waals surface area (Å²) in [5.41, 5.74) is 0. The fourth-order valence-electron chi connectivity index (χ4n) is 1.64. The normalized spacial score (nSPS) is 42.5. The lowest BCUT2D eigenvalue weighted by molar-refractivity contribution is 0.0147. The molecule has 0 aromatic heterocycles. The van der Waals surface area contributed by atoms with Crippen molar-refractivity contribution >= 4 is 0 Å². The summed E-state index contributed by atoms with van der Waals surface area (Å²) in [7, 11) is 0. The van der Waals surface area contributed by atoms with Crippen LogP contribution in [0, 0.1) is 5.92 Å². The van der Waals surface area contributed by atoms with Crippen LogP contribution in [0.1, 0.15) is 13.8 Å². The predicted octanol–water partition coefficient (Wildman–Crippen LogP) is -1.30. The Bertz CT molecular complexity index is 151. The molecule has 0 amide bonds. The van der Waals surface area contributed by atoms with Crippen LogP contribution < -0.4 is 5.32 Å². The van der Waals surface area contributed by atoms with Gasteiger partial charge in [-0.1, -0.05) is 13.8 Å². The maximum absolute atomic E-state index is 9.51. The zero-order chi connectivity index (χ0) is 9.30. The second-order valence-electron chi connectivity index (χ2n) is 3.71. The van der Waals surface area contributed by atoms with E-state index in [0.29, 0.717) is 0 Å². The molecule has 1 fully saturated rings. The van der Waals surface area contributed by atoms with Gasteiger partial charge in [-0.3, -0.25) is 0 Å². The molecule has 0 aromatic rings. The molecule has 4 heteroatoms. The molecule has 0 spiro atoms. The molecule has 1 unspecified atom stereocenters. The van der Waals surface area contributed by atoms with Gasteiger partial charge in [-0.15, -0.1) is 0 Å². The first-order chi connectivity index (χ1) is 5.57. The summed E-state index contributed by atoms with van der Waals surface area (Å²) in [4.78, 5) is 0. The summed E-state index contributed by atoms with van der Waals surface area (Å²) in [6.45, 7) is 3.79. The van der Waals surface area contributed by atoms with Crippen molar-refractivity contribution in [2.24, 2.45) is 5.92 Å². The zero-order valence-electron chi connectivity index (χ0n) is 7.44. The molecule has 0 saturated carbocycles. The van der Waals surface area contributed by atoms with Crippen LogP contribution in [0.3, 0.4) is 0 Å². The van der Waals surface area contributed by atoms with E-state index in [0.717, 1.165) is 0 Å². The standard InChI is InChI=1S/C8H17NO3/c1-4(2)6-8(12)7(11)5(3-10)9-6/h4-12H,3H2,1-2H3/t5?,6-,7-,8-/m0/s1. The topological polar surface area (TPSA) is 72.7 Å². The van der Waals surface area contributed by atoms with Gasteiger partial charge in [-0.25, -0.2) is 0 Å². The Morgan fingerprint density at radius 3 is 2.08 bits per heavy atom. The SMILES string of the molecule is CC(C)[C@@H]1NC(CO)[C@H](O)[C@H]1O. The first-order valence-electron chi connectivity index (χ1n) is 4.31. The van der Waals surface area contributed by atoms with Crippen molar-refractivity contribution in [3.8, 4) is 0 Å². The van der Waals surface area contributed by atoms with Crippen molar-refractivity contribution in [2.45, 2.75) is 38.1 Å². The number of hydrogen-bond acceptors (Lipinski definition) is 4. The summed E-state index contributed by atoms with van der Waals surface area (Å²) < 4.78 is 0. The molecule has 4 nitrogen and oxygen atoms in total. The fourth-order valence-corrected chi connectivity index (χ4v) is 1.64. The van der Waals surface area contributed by atoms with E-state index in [9.17, 15) is 10.2 Å². The van der Waals surface area contributed by atoms with Crippen LogP contribution in [0.25, 0.3) is 0 Å². The fraction of sp³-hybridized carbons (Fsp3) is 1.00. The molecule has 1 heterocycles. The van der Waals surface area contributed by atoms with Gasteiger partial charge in [-0.2, -0.15) is 0 Å². The van der Waals surface area contributed by atoms with Gasteiger partial charge in [0.05, 0.1) is 24.9 Å². The molecule has 1 rings (SSSR count). The van der Waals surface area contributed by atoms with Crippen LogP contribution in [0.5, 0.6) is 0 Å². The van der Waals surface area contributed by atoms with Crippen molar-refractivity contribution in [1.82, 2.24) is 5.32 Å². The number of rotatable bonds is 2. The summed E-state index contributed by atoms with van der Waals surface area (Å²) in [5, 5.41) is 30.7. The third-order valence-corrected chi connectivity index (χ3v) is 2.45. The smallest absolute Gasteiger partial charge is 0.0989 e. The number of hydrogen-bond donors (Lipinski definition) is 4. The molecule has 1 aliphatic heterocycles. The highest BCUT2D eigenvalue weighted by Crippen LogP contribution is 2.19. The molecular formula is C8H17NO3. The summed E-state index contributed by atoms with van der Waals surface area (Å²) in [6, 6.07) is -0.496. The average molecular weight is 175 g/mol. The molecule has 72 valence electrons. The number of aliphatic hydroxyl groups is 3. The van der Waals surface area contributed by atoms with Crippen molar-refractivity contribution in [1.29, 1.82) is 0 Å². The largest absolute Gasteiger partial charge is 0.395 e. The van der Waals surface area contributed by atoms with Crippen LogP contribution in [0.4, 0.5) is 0 Å². The Kier molecular flexibility index (Phi) is 3.06. The van der Waals surface area contributed by atoms with Gasteiger partial charge in [0.2, 0.25) is 0 Å². The maximum atomic E-state index is 9.51. The molecule has 1 saturated heterocycles. The second kappa shape index (κ2) is 3.70. The van der Waals surface area contributed by atoms with Gasteiger partial charge < -0.3 is 20.6 Å². The Morgan fingerprint density at radius 2 is 1.83 bits per heavy atom. The molecular weight excluding hydrogens is 158 g/mol. The van der Waals surface area contributed by atoms with E-state index in [1.807, 2.05) is 13.8 Å². The quantitative estimate of drug-likeness (QED) is 0.421. The minimum atomic E-state index is -0.845.